The molecule has 5 nitrogen and oxygen atoms in total. The molecular formula is C18H16Cl2N2O3. The Morgan fingerprint density at radius 2 is 1.56 bits per heavy atom. The number of amides is 1. The summed E-state index contributed by atoms with van der Waals surface area (Å²) >= 11 is 12.1. The molecule has 0 spiro atoms. The maximum Gasteiger partial charge on any atom is 0.345 e. The van der Waals surface area contributed by atoms with E-state index in [1.807, 2.05) is 0 Å². The molecule has 0 fully saturated rings. The fourth-order valence-corrected chi connectivity index (χ4v) is 2.28. The number of nitrogens with one attached hydrogen (secondary N) is 2. The second kappa shape index (κ2) is 9.11. The predicted molar refractivity (Wildman–Crippen MR) is 99.9 cm³/mol. The van der Waals surface area contributed by atoms with Crippen LogP contribution in [0.15, 0.2) is 60.3 Å². The minimum Gasteiger partial charge on any atom is -0.462 e. The second-order valence-corrected chi connectivity index (χ2v) is 5.65. The van der Waals surface area contributed by atoms with E-state index in [2.05, 4.69) is 10.6 Å². The minimum absolute atomic E-state index is 0.141. The van der Waals surface area contributed by atoms with Crippen molar-refractivity contribution in [3.8, 4) is 0 Å². The number of para-hydroxylation sites is 2. The number of benzene rings is 2. The van der Waals surface area contributed by atoms with Crippen LogP contribution >= 0.6 is 23.2 Å². The molecule has 0 aromatic heterocycles. The van der Waals surface area contributed by atoms with Gasteiger partial charge in [0.2, 0.25) is 0 Å². The summed E-state index contributed by atoms with van der Waals surface area (Å²) in [5, 5.41) is 6.24. The topological polar surface area (TPSA) is 67.4 Å². The van der Waals surface area contributed by atoms with E-state index >= 15 is 0 Å². The van der Waals surface area contributed by atoms with Crippen LogP contribution in [0.2, 0.25) is 10.0 Å². The van der Waals surface area contributed by atoms with E-state index in [1.165, 1.54) is 6.20 Å². The van der Waals surface area contributed by atoms with Gasteiger partial charge in [0.1, 0.15) is 5.57 Å². The standard InChI is InChI=1S/C18H16Cl2N2O3/c1-2-25-18(24)12(11-21-15-9-5-3-7-13(15)19)17(23)22-16-10-6-4-8-14(16)20/h3-11,21H,2H2,1H3,(H,22,23)/b12-11+. The molecular weight excluding hydrogens is 363 g/mol. The van der Waals surface area contributed by atoms with Crippen molar-refractivity contribution in [2.24, 2.45) is 0 Å². The summed E-state index contributed by atoms with van der Waals surface area (Å²) in [7, 11) is 0. The fraction of sp³-hybridized carbons (Fsp3) is 0.111. The van der Waals surface area contributed by atoms with Crippen LogP contribution in [-0.4, -0.2) is 18.5 Å². The van der Waals surface area contributed by atoms with Gasteiger partial charge in [-0.05, 0) is 31.2 Å². The molecule has 0 aliphatic heterocycles. The molecule has 2 rings (SSSR count). The van der Waals surface area contributed by atoms with Crippen molar-refractivity contribution in [2.75, 3.05) is 17.2 Å². The largest absolute Gasteiger partial charge is 0.462 e. The lowest BCUT2D eigenvalue weighted by atomic mass is 10.2. The first-order chi connectivity index (χ1) is 12.0. The molecule has 0 saturated heterocycles. The van der Waals surface area contributed by atoms with Gasteiger partial charge in [-0.25, -0.2) is 4.79 Å². The van der Waals surface area contributed by atoms with Crippen molar-refractivity contribution in [3.05, 3.63) is 70.3 Å². The number of anilines is 2. The molecule has 0 unspecified atom stereocenters. The predicted octanol–water partition coefficient (Wildman–Crippen LogP) is 4.49. The van der Waals surface area contributed by atoms with Crippen molar-refractivity contribution in [2.45, 2.75) is 6.92 Å². The van der Waals surface area contributed by atoms with Crippen molar-refractivity contribution in [1.82, 2.24) is 0 Å². The van der Waals surface area contributed by atoms with Crippen LogP contribution in [0.5, 0.6) is 0 Å². The van der Waals surface area contributed by atoms with Gasteiger partial charge in [0.15, 0.2) is 0 Å². The van der Waals surface area contributed by atoms with E-state index in [-0.39, 0.29) is 12.2 Å². The van der Waals surface area contributed by atoms with E-state index in [4.69, 9.17) is 27.9 Å². The summed E-state index contributed by atoms with van der Waals surface area (Å²) in [5.74, 6) is -1.40. The van der Waals surface area contributed by atoms with Crippen LogP contribution in [0, 0.1) is 0 Å². The van der Waals surface area contributed by atoms with Gasteiger partial charge in [-0.2, -0.15) is 0 Å². The molecule has 25 heavy (non-hydrogen) atoms. The second-order valence-electron chi connectivity index (χ2n) is 4.84. The van der Waals surface area contributed by atoms with Crippen LogP contribution in [0.1, 0.15) is 6.92 Å². The van der Waals surface area contributed by atoms with Crippen LogP contribution < -0.4 is 10.6 Å². The zero-order valence-corrected chi connectivity index (χ0v) is 14.9. The maximum absolute atomic E-state index is 12.5. The molecule has 0 atom stereocenters. The molecule has 0 saturated carbocycles. The number of ether oxygens (including phenoxy) is 1. The smallest absolute Gasteiger partial charge is 0.345 e. The number of carbonyl (C=O) groups is 2. The number of hydrogen-bond donors (Lipinski definition) is 2. The molecule has 2 aromatic rings. The Balaban J connectivity index is 2.24. The van der Waals surface area contributed by atoms with Crippen LogP contribution in [0.25, 0.3) is 0 Å². The highest BCUT2D eigenvalue weighted by molar-refractivity contribution is 6.34. The SMILES string of the molecule is CCOC(=O)/C(=C/Nc1ccccc1Cl)C(=O)Nc1ccccc1Cl. The van der Waals surface area contributed by atoms with Crippen molar-refractivity contribution in [3.63, 3.8) is 0 Å². The summed E-state index contributed by atoms with van der Waals surface area (Å²) in [5.41, 5.74) is 0.736. The first-order valence-corrected chi connectivity index (χ1v) is 8.22. The summed E-state index contributed by atoms with van der Waals surface area (Å²) < 4.78 is 4.94. The van der Waals surface area contributed by atoms with Crippen molar-refractivity contribution < 1.29 is 14.3 Å². The van der Waals surface area contributed by atoms with Gasteiger partial charge < -0.3 is 15.4 Å². The van der Waals surface area contributed by atoms with E-state index in [9.17, 15) is 9.59 Å². The average Bonchev–Trinajstić information content (AvgIpc) is 2.59. The Morgan fingerprint density at radius 1 is 1.00 bits per heavy atom. The van der Waals surface area contributed by atoms with Crippen molar-refractivity contribution in [1.29, 1.82) is 0 Å². The fourth-order valence-electron chi connectivity index (χ4n) is 1.91. The lowest BCUT2D eigenvalue weighted by molar-refractivity contribution is -0.139. The Bertz CT molecular complexity index is 806. The van der Waals surface area contributed by atoms with Gasteiger partial charge in [-0.3, -0.25) is 4.79 Å². The van der Waals surface area contributed by atoms with Crippen LogP contribution in [-0.2, 0) is 14.3 Å². The molecule has 7 heteroatoms. The Hall–Kier alpha value is -2.50. The number of halogens is 2. The summed E-state index contributed by atoms with van der Waals surface area (Å²) in [6, 6.07) is 13.7. The van der Waals surface area contributed by atoms with Gasteiger partial charge in [-0.15, -0.1) is 0 Å². The third-order valence-corrected chi connectivity index (χ3v) is 3.77. The molecule has 1 amide bonds. The van der Waals surface area contributed by atoms with Gasteiger partial charge >= 0.3 is 5.97 Å². The number of rotatable bonds is 6. The van der Waals surface area contributed by atoms with E-state index < -0.39 is 11.9 Å². The highest BCUT2D eigenvalue weighted by Crippen LogP contribution is 2.22. The van der Waals surface area contributed by atoms with Crippen LogP contribution in [0.3, 0.4) is 0 Å². The normalized spacial score (nSPS) is 10.9. The number of hydrogen-bond acceptors (Lipinski definition) is 4. The van der Waals surface area contributed by atoms with Crippen molar-refractivity contribution >= 4 is 46.5 Å². The molecule has 130 valence electrons. The average molecular weight is 379 g/mol. The Kier molecular flexibility index (Phi) is 6.86. The van der Waals surface area contributed by atoms with Gasteiger partial charge in [-0.1, -0.05) is 47.5 Å². The molecule has 0 aliphatic carbocycles. The van der Waals surface area contributed by atoms with Gasteiger partial charge in [0.05, 0.1) is 28.0 Å². The quantitative estimate of drug-likeness (QED) is 0.336. The van der Waals surface area contributed by atoms with Gasteiger partial charge in [0, 0.05) is 6.20 Å². The molecule has 0 aliphatic rings. The Morgan fingerprint density at radius 3 is 2.12 bits per heavy atom. The van der Waals surface area contributed by atoms with E-state index in [1.54, 1.807) is 55.5 Å². The van der Waals surface area contributed by atoms with Crippen LogP contribution in [0.4, 0.5) is 11.4 Å². The van der Waals surface area contributed by atoms with Gasteiger partial charge in [0.25, 0.3) is 5.91 Å². The number of carbonyl (C=O) groups excluding carboxylic acids is 2. The summed E-state index contributed by atoms with van der Waals surface area (Å²) in [6.45, 7) is 1.80. The molecule has 2 aromatic carbocycles. The highest BCUT2D eigenvalue weighted by atomic mass is 35.5. The van der Waals surface area contributed by atoms with E-state index in [0.29, 0.717) is 21.4 Å². The zero-order chi connectivity index (χ0) is 18.2. The highest BCUT2D eigenvalue weighted by Gasteiger charge is 2.20. The molecule has 0 heterocycles. The summed E-state index contributed by atoms with van der Waals surface area (Å²) in [4.78, 5) is 24.6. The third kappa shape index (κ3) is 5.24. The monoisotopic (exact) mass is 378 g/mol. The zero-order valence-electron chi connectivity index (χ0n) is 13.4. The lowest BCUT2D eigenvalue weighted by Crippen LogP contribution is -2.23. The lowest BCUT2D eigenvalue weighted by Gasteiger charge is -2.11. The maximum atomic E-state index is 12.5. The summed E-state index contributed by atoms with van der Waals surface area (Å²) in [6.07, 6.45) is 1.26. The number of esters is 1. The first-order valence-electron chi connectivity index (χ1n) is 7.47. The first kappa shape index (κ1) is 18.8. The third-order valence-electron chi connectivity index (χ3n) is 3.11. The minimum atomic E-state index is -0.758. The molecule has 0 bridgehead atoms. The molecule has 0 radical (unpaired) electrons. The van der Waals surface area contributed by atoms with E-state index in [0.717, 1.165) is 0 Å². The Labute approximate surface area is 155 Å². The molecule has 2 N–H and O–H groups in total.